The van der Waals surface area contributed by atoms with Crippen LogP contribution in [0, 0.1) is 10.1 Å². The monoisotopic (exact) mass is 250 g/mol. The molecular formula is C12H18N4O2. The lowest BCUT2D eigenvalue weighted by Crippen LogP contribution is -2.54. The molecule has 0 bridgehead atoms. The lowest BCUT2D eigenvalue weighted by Gasteiger charge is -2.47. The second-order valence-corrected chi connectivity index (χ2v) is 4.96. The van der Waals surface area contributed by atoms with Gasteiger partial charge in [0.15, 0.2) is 0 Å². The minimum Gasteiger partial charge on any atom is -0.376 e. The van der Waals surface area contributed by atoms with Gasteiger partial charge < -0.3 is 20.3 Å². The lowest BCUT2D eigenvalue weighted by molar-refractivity contribution is -0.388. The SMILES string of the molecule is CN(C)C1(CNc2cccnc2[N+](=O)[O-])CCC1. The Balaban J connectivity index is 2.08. The molecule has 1 heterocycles. The van der Waals surface area contributed by atoms with Crippen molar-refractivity contribution in [1.82, 2.24) is 9.88 Å². The van der Waals surface area contributed by atoms with Crippen LogP contribution in [0.2, 0.25) is 0 Å². The Bertz CT molecular complexity index is 443. The molecule has 1 aliphatic carbocycles. The lowest BCUT2D eigenvalue weighted by atomic mass is 9.75. The topological polar surface area (TPSA) is 71.3 Å². The van der Waals surface area contributed by atoms with E-state index in [-0.39, 0.29) is 11.4 Å². The van der Waals surface area contributed by atoms with Gasteiger partial charge in [-0.2, -0.15) is 0 Å². The van der Waals surface area contributed by atoms with Crippen LogP contribution in [-0.4, -0.2) is 41.0 Å². The molecule has 1 aliphatic rings. The number of rotatable bonds is 5. The molecule has 0 spiro atoms. The normalized spacial score (nSPS) is 17.3. The summed E-state index contributed by atoms with van der Waals surface area (Å²) in [5, 5.41) is 14.0. The Morgan fingerprint density at radius 1 is 1.56 bits per heavy atom. The maximum absolute atomic E-state index is 10.9. The van der Waals surface area contributed by atoms with E-state index in [1.165, 1.54) is 12.6 Å². The first-order valence-electron chi connectivity index (χ1n) is 6.06. The van der Waals surface area contributed by atoms with Gasteiger partial charge in [-0.3, -0.25) is 0 Å². The summed E-state index contributed by atoms with van der Waals surface area (Å²) < 4.78 is 0. The predicted molar refractivity (Wildman–Crippen MR) is 69.7 cm³/mol. The standard InChI is InChI=1S/C12H18N4O2/c1-15(2)12(6-4-7-12)9-14-10-5-3-8-13-11(10)16(17)18/h3,5,8,14H,4,6-7,9H2,1-2H3. The number of nitrogens with one attached hydrogen (secondary N) is 1. The summed E-state index contributed by atoms with van der Waals surface area (Å²) in [5.41, 5.74) is 0.625. The number of hydrogen-bond donors (Lipinski definition) is 1. The van der Waals surface area contributed by atoms with Crippen LogP contribution in [0.4, 0.5) is 11.5 Å². The number of hydrogen-bond acceptors (Lipinski definition) is 5. The van der Waals surface area contributed by atoms with E-state index >= 15 is 0 Å². The summed E-state index contributed by atoms with van der Waals surface area (Å²) in [4.78, 5) is 16.4. The average molecular weight is 250 g/mol. The molecule has 6 nitrogen and oxygen atoms in total. The fraction of sp³-hybridized carbons (Fsp3) is 0.583. The highest BCUT2D eigenvalue weighted by molar-refractivity contribution is 5.56. The van der Waals surface area contributed by atoms with Crippen LogP contribution >= 0.6 is 0 Å². The van der Waals surface area contributed by atoms with Gasteiger partial charge in [-0.25, -0.2) is 0 Å². The van der Waals surface area contributed by atoms with Crippen molar-refractivity contribution < 1.29 is 4.92 Å². The third-order valence-corrected chi connectivity index (χ3v) is 3.80. The molecule has 0 saturated heterocycles. The van der Waals surface area contributed by atoms with Gasteiger partial charge in [0.2, 0.25) is 0 Å². The molecule has 1 aromatic heterocycles. The van der Waals surface area contributed by atoms with Gasteiger partial charge in [0.25, 0.3) is 0 Å². The van der Waals surface area contributed by atoms with E-state index in [0.29, 0.717) is 12.2 Å². The molecule has 18 heavy (non-hydrogen) atoms. The van der Waals surface area contributed by atoms with Crippen molar-refractivity contribution >= 4 is 11.5 Å². The quantitative estimate of drug-likeness (QED) is 0.638. The second-order valence-electron chi connectivity index (χ2n) is 4.96. The molecule has 0 atom stereocenters. The van der Waals surface area contributed by atoms with Crippen LogP contribution in [0.15, 0.2) is 18.3 Å². The summed E-state index contributed by atoms with van der Waals surface area (Å²) in [6.45, 7) is 0.715. The van der Waals surface area contributed by atoms with Gasteiger partial charge in [-0.15, -0.1) is 0 Å². The predicted octanol–water partition coefficient (Wildman–Crippen LogP) is 1.89. The summed E-state index contributed by atoms with van der Waals surface area (Å²) in [5.74, 6) is -0.106. The van der Waals surface area contributed by atoms with E-state index in [1.54, 1.807) is 12.1 Å². The smallest absolute Gasteiger partial charge is 0.376 e. The van der Waals surface area contributed by atoms with Crippen molar-refractivity contribution in [2.24, 2.45) is 0 Å². The van der Waals surface area contributed by atoms with E-state index in [1.807, 2.05) is 0 Å². The highest BCUT2D eigenvalue weighted by atomic mass is 16.6. The summed E-state index contributed by atoms with van der Waals surface area (Å²) >= 11 is 0. The third kappa shape index (κ3) is 2.28. The summed E-state index contributed by atoms with van der Waals surface area (Å²) in [6.07, 6.45) is 4.91. The van der Waals surface area contributed by atoms with Crippen molar-refractivity contribution in [3.05, 3.63) is 28.4 Å². The molecule has 6 heteroatoms. The maximum atomic E-state index is 10.9. The Morgan fingerprint density at radius 2 is 2.28 bits per heavy atom. The van der Waals surface area contributed by atoms with Crippen LogP contribution in [-0.2, 0) is 0 Å². The number of nitro groups is 1. The molecule has 0 aliphatic heterocycles. The van der Waals surface area contributed by atoms with Crippen LogP contribution in [0.3, 0.4) is 0 Å². The average Bonchev–Trinajstić information content (AvgIpc) is 2.27. The van der Waals surface area contributed by atoms with Gasteiger partial charge in [-0.05, 0) is 55.4 Å². The number of nitrogens with zero attached hydrogens (tertiary/aromatic N) is 3. The zero-order valence-corrected chi connectivity index (χ0v) is 10.7. The van der Waals surface area contributed by atoms with Gasteiger partial charge in [-0.1, -0.05) is 0 Å². The minimum atomic E-state index is -0.453. The number of anilines is 1. The number of pyridine rings is 1. The number of likely N-dealkylation sites (N-methyl/N-ethyl adjacent to an activating group) is 1. The summed E-state index contributed by atoms with van der Waals surface area (Å²) in [7, 11) is 4.11. The van der Waals surface area contributed by atoms with Crippen LogP contribution < -0.4 is 5.32 Å². The van der Waals surface area contributed by atoms with Crippen molar-refractivity contribution in [3.8, 4) is 0 Å². The molecule has 0 radical (unpaired) electrons. The second kappa shape index (κ2) is 4.89. The first kappa shape index (κ1) is 12.8. The van der Waals surface area contributed by atoms with E-state index in [0.717, 1.165) is 12.8 Å². The van der Waals surface area contributed by atoms with Gasteiger partial charge in [0.1, 0.15) is 11.9 Å². The van der Waals surface area contributed by atoms with Crippen LogP contribution in [0.5, 0.6) is 0 Å². The van der Waals surface area contributed by atoms with Gasteiger partial charge in [0, 0.05) is 12.1 Å². The fourth-order valence-electron chi connectivity index (χ4n) is 2.31. The van der Waals surface area contributed by atoms with E-state index in [9.17, 15) is 10.1 Å². The van der Waals surface area contributed by atoms with E-state index in [4.69, 9.17) is 0 Å². The largest absolute Gasteiger partial charge is 0.386 e. The minimum absolute atomic E-state index is 0.106. The van der Waals surface area contributed by atoms with Crippen molar-refractivity contribution in [2.75, 3.05) is 26.0 Å². The Labute approximate surface area is 106 Å². The molecule has 2 rings (SSSR count). The first-order valence-corrected chi connectivity index (χ1v) is 6.06. The number of aromatic nitrogens is 1. The van der Waals surface area contributed by atoms with Crippen LogP contribution in [0.1, 0.15) is 19.3 Å². The molecule has 1 fully saturated rings. The zero-order chi connectivity index (χ0) is 13.2. The maximum Gasteiger partial charge on any atom is 0.386 e. The highest BCUT2D eigenvalue weighted by Gasteiger charge is 2.39. The van der Waals surface area contributed by atoms with E-state index in [2.05, 4.69) is 29.3 Å². The molecule has 1 aromatic rings. The van der Waals surface area contributed by atoms with Crippen molar-refractivity contribution in [2.45, 2.75) is 24.8 Å². The molecule has 0 amide bonds. The third-order valence-electron chi connectivity index (χ3n) is 3.80. The molecular weight excluding hydrogens is 232 g/mol. The fourth-order valence-corrected chi connectivity index (χ4v) is 2.31. The highest BCUT2D eigenvalue weighted by Crippen LogP contribution is 2.36. The first-order chi connectivity index (χ1) is 8.55. The van der Waals surface area contributed by atoms with Crippen molar-refractivity contribution in [1.29, 1.82) is 0 Å². The summed E-state index contributed by atoms with van der Waals surface area (Å²) in [6, 6.07) is 3.41. The molecule has 0 aromatic carbocycles. The molecule has 1 N–H and O–H groups in total. The van der Waals surface area contributed by atoms with Gasteiger partial charge >= 0.3 is 5.82 Å². The van der Waals surface area contributed by atoms with Crippen LogP contribution in [0.25, 0.3) is 0 Å². The molecule has 1 saturated carbocycles. The van der Waals surface area contributed by atoms with E-state index < -0.39 is 4.92 Å². The zero-order valence-electron chi connectivity index (χ0n) is 10.7. The molecule has 98 valence electrons. The molecule has 0 unspecified atom stereocenters. The Morgan fingerprint density at radius 3 is 2.78 bits per heavy atom. The van der Waals surface area contributed by atoms with Crippen molar-refractivity contribution in [3.63, 3.8) is 0 Å². The Kier molecular flexibility index (Phi) is 3.47. The Hall–Kier alpha value is -1.69. The van der Waals surface area contributed by atoms with Gasteiger partial charge in [0.05, 0.1) is 0 Å².